The van der Waals surface area contributed by atoms with Crippen LogP contribution in [-0.4, -0.2) is 12.2 Å². The summed E-state index contributed by atoms with van der Waals surface area (Å²) in [5, 5.41) is 2.75. The molecule has 1 N–H and O–H groups in total. The highest BCUT2D eigenvalue weighted by molar-refractivity contribution is 5.45. The van der Waals surface area contributed by atoms with Crippen molar-refractivity contribution in [3.8, 4) is 0 Å². The Balaban J connectivity index is 1.96. The molecule has 2 rings (SSSR count). The monoisotopic (exact) mass is 297 g/mol. The van der Waals surface area contributed by atoms with Crippen molar-refractivity contribution >= 4 is 5.69 Å². The summed E-state index contributed by atoms with van der Waals surface area (Å²) in [7, 11) is 0. The van der Waals surface area contributed by atoms with Gasteiger partial charge < -0.3 is 5.32 Å². The van der Waals surface area contributed by atoms with Gasteiger partial charge in [0, 0.05) is 23.9 Å². The number of hydrogen-bond donors (Lipinski definition) is 1. The van der Waals surface area contributed by atoms with Gasteiger partial charge in [-0.15, -0.1) is 0 Å². The SMILES string of the molecule is Fc1cc(NC2CCC(C(F)(F)F)CC2)cc(F)c1F. The van der Waals surface area contributed by atoms with E-state index in [0.717, 1.165) is 12.1 Å². The lowest BCUT2D eigenvalue weighted by Gasteiger charge is -2.30. The molecule has 0 unspecified atom stereocenters. The third-order valence-electron chi connectivity index (χ3n) is 3.54. The second-order valence-electron chi connectivity index (χ2n) is 4.99. The van der Waals surface area contributed by atoms with Crippen molar-refractivity contribution in [3.05, 3.63) is 29.6 Å². The van der Waals surface area contributed by atoms with E-state index in [2.05, 4.69) is 5.32 Å². The van der Waals surface area contributed by atoms with E-state index in [1.807, 2.05) is 0 Å². The number of nitrogens with one attached hydrogen (secondary N) is 1. The molecule has 1 aliphatic rings. The average molecular weight is 297 g/mol. The topological polar surface area (TPSA) is 12.0 Å². The largest absolute Gasteiger partial charge is 0.391 e. The Morgan fingerprint density at radius 2 is 1.40 bits per heavy atom. The Morgan fingerprint density at radius 3 is 1.85 bits per heavy atom. The Hall–Kier alpha value is -1.40. The Morgan fingerprint density at radius 1 is 0.900 bits per heavy atom. The molecular weight excluding hydrogens is 284 g/mol. The van der Waals surface area contributed by atoms with Gasteiger partial charge in [-0.05, 0) is 25.7 Å². The molecule has 0 heterocycles. The summed E-state index contributed by atoms with van der Waals surface area (Å²) in [6.07, 6.45) is -3.73. The summed E-state index contributed by atoms with van der Waals surface area (Å²) in [6, 6.07) is 1.31. The first-order chi connectivity index (χ1) is 9.27. The van der Waals surface area contributed by atoms with Crippen LogP contribution >= 0.6 is 0 Å². The van der Waals surface area contributed by atoms with E-state index < -0.39 is 29.5 Å². The molecule has 0 aromatic heterocycles. The second kappa shape index (κ2) is 5.54. The van der Waals surface area contributed by atoms with Crippen LogP contribution in [0.15, 0.2) is 12.1 Å². The average Bonchev–Trinajstić information content (AvgIpc) is 2.35. The number of rotatable bonds is 2. The minimum absolute atomic E-state index is 0.0205. The maximum atomic E-state index is 13.0. The number of anilines is 1. The zero-order valence-corrected chi connectivity index (χ0v) is 10.4. The van der Waals surface area contributed by atoms with Crippen molar-refractivity contribution in [2.45, 2.75) is 37.9 Å². The summed E-state index contributed by atoms with van der Waals surface area (Å²) in [4.78, 5) is 0. The van der Waals surface area contributed by atoms with Gasteiger partial charge in [0.25, 0.3) is 0 Å². The van der Waals surface area contributed by atoms with E-state index in [4.69, 9.17) is 0 Å². The van der Waals surface area contributed by atoms with Gasteiger partial charge in [0.05, 0.1) is 5.92 Å². The normalized spacial score (nSPS) is 23.7. The summed E-state index contributed by atoms with van der Waals surface area (Å²) < 4.78 is 76.2. The second-order valence-corrected chi connectivity index (χ2v) is 4.99. The molecule has 0 aliphatic heterocycles. The molecule has 7 heteroatoms. The molecule has 1 saturated carbocycles. The molecule has 1 aromatic rings. The highest BCUT2D eigenvalue weighted by atomic mass is 19.4. The Kier molecular flexibility index (Phi) is 4.15. The van der Waals surface area contributed by atoms with Crippen LogP contribution in [0.3, 0.4) is 0 Å². The first-order valence-electron chi connectivity index (χ1n) is 6.25. The van der Waals surface area contributed by atoms with Gasteiger partial charge in [-0.1, -0.05) is 0 Å². The summed E-state index contributed by atoms with van der Waals surface area (Å²) in [6.45, 7) is 0. The van der Waals surface area contributed by atoms with Crippen LogP contribution < -0.4 is 5.32 Å². The van der Waals surface area contributed by atoms with Crippen molar-refractivity contribution in [1.82, 2.24) is 0 Å². The third-order valence-corrected chi connectivity index (χ3v) is 3.54. The summed E-state index contributed by atoms with van der Waals surface area (Å²) in [5.74, 6) is -5.52. The van der Waals surface area contributed by atoms with Crippen LogP contribution in [0.4, 0.5) is 32.0 Å². The van der Waals surface area contributed by atoms with Crippen molar-refractivity contribution in [1.29, 1.82) is 0 Å². The van der Waals surface area contributed by atoms with Crippen molar-refractivity contribution in [2.75, 3.05) is 5.32 Å². The maximum absolute atomic E-state index is 13.0. The minimum Gasteiger partial charge on any atom is -0.382 e. The quantitative estimate of drug-likeness (QED) is 0.619. The van der Waals surface area contributed by atoms with E-state index in [1.54, 1.807) is 0 Å². The fourth-order valence-electron chi connectivity index (χ4n) is 2.44. The first kappa shape index (κ1) is 15.0. The molecule has 1 aromatic carbocycles. The van der Waals surface area contributed by atoms with Gasteiger partial charge in [-0.25, -0.2) is 13.2 Å². The fraction of sp³-hybridized carbons (Fsp3) is 0.538. The van der Waals surface area contributed by atoms with E-state index in [-0.39, 0.29) is 37.4 Å². The van der Waals surface area contributed by atoms with Gasteiger partial charge in [0.15, 0.2) is 17.5 Å². The predicted octanol–water partition coefficient (Wildman–Crippen LogP) is 4.64. The van der Waals surface area contributed by atoms with Crippen LogP contribution in [0.5, 0.6) is 0 Å². The minimum atomic E-state index is -4.20. The molecule has 0 amide bonds. The molecular formula is C13H13F6N. The van der Waals surface area contributed by atoms with Gasteiger partial charge >= 0.3 is 6.18 Å². The molecule has 112 valence electrons. The molecule has 1 nitrogen and oxygen atoms in total. The lowest BCUT2D eigenvalue weighted by Crippen LogP contribution is -2.32. The smallest absolute Gasteiger partial charge is 0.382 e. The van der Waals surface area contributed by atoms with Crippen LogP contribution in [0.25, 0.3) is 0 Å². The van der Waals surface area contributed by atoms with E-state index >= 15 is 0 Å². The van der Waals surface area contributed by atoms with E-state index in [1.165, 1.54) is 0 Å². The molecule has 0 saturated heterocycles. The van der Waals surface area contributed by atoms with Gasteiger partial charge in [0.1, 0.15) is 0 Å². The van der Waals surface area contributed by atoms with E-state index in [0.29, 0.717) is 0 Å². The first-order valence-corrected chi connectivity index (χ1v) is 6.25. The number of benzene rings is 1. The third kappa shape index (κ3) is 3.37. The molecule has 0 bridgehead atoms. The molecule has 0 radical (unpaired) electrons. The van der Waals surface area contributed by atoms with Crippen LogP contribution in [-0.2, 0) is 0 Å². The molecule has 0 spiro atoms. The van der Waals surface area contributed by atoms with Gasteiger partial charge in [-0.3, -0.25) is 0 Å². The Bertz CT molecular complexity index is 453. The number of halogens is 6. The van der Waals surface area contributed by atoms with Gasteiger partial charge in [-0.2, -0.15) is 13.2 Å². The lowest BCUT2D eigenvalue weighted by atomic mass is 9.85. The maximum Gasteiger partial charge on any atom is 0.391 e. The summed E-state index contributed by atoms with van der Waals surface area (Å²) >= 11 is 0. The zero-order valence-electron chi connectivity index (χ0n) is 10.4. The zero-order chi connectivity index (χ0) is 14.9. The number of hydrogen-bond acceptors (Lipinski definition) is 1. The predicted molar refractivity (Wildman–Crippen MR) is 61.7 cm³/mol. The van der Waals surface area contributed by atoms with Crippen LogP contribution in [0.2, 0.25) is 0 Å². The van der Waals surface area contributed by atoms with Gasteiger partial charge in [0.2, 0.25) is 0 Å². The fourth-order valence-corrected chi connectivity index (χ4v) is 2.44. The lowest BCUT2D eigenvalue weighted by molar-refractivity contribution is -0.182. The van der Waals surface area contributed by atoms with Crippen LogP contribution in [0, 0.1) is 23.4 Å². The molecule has 1 fully saturated rings. The number of alkyl halides is 3. The highest BCUT2D eigenvalue weighted by Crippen LogP contribution is 2.38. The van der Waals surface area contributed by atoms with Crippen molar-refractivity contribution < 1.29 is 26.3 Å². The Labute approximate surface area is 112 Å². The van der Waals surface area contributed by atoms with Crippen LogP contribution in [0.1, 0.15) is 25.7 Å². The van der Waals surface area contributed by atoms with E-state index in [9.17, 15) is 26.3 Å². The standard InChI is InChI=1S/C13H13F6N/c14-10-5-9(6-11(15)12(10)16)20-8-3-1-7(2-4-8)13(17,18)19/h5-8,20H,1-4H2. The molecule has 1 aliphatic carbocycles. The molecule has 0 atom stereocenters. The summed E-state index contributed by atoms with van der Waals surface area (Å²) in [5.41, 5.74) is 0.0388. The molecule has 20 heavy (non-hydrogen) atoms. The highest BCUT2D eigenvalue weighted by Gasteiger charge is 2.41. The van der Waals surface area contributed by atoms with Crippen molar-refractivity contribution in [2.24, 2.45) is 5.92 Å². The van der Waals surface area contributed by atoms with Crippen molar-refractivity contribution in [3.63, 3.8) is 0 Å².